The van der Waals surface area contributed by atoms with Crippen molar-refractivity contribution in [1.82, 2.24) is 5.32 Å². The van der Waals surface area contributed by atoms with E-state index in [0.717, 1.165) is 38.5 Å². The van der Waals surface area contributed by atoms with Crippen LogP contribution in [0, 0.1) is 0 Å². The molecule has 14 nitrogen and oxygen atoms in total. The third kappa shape index (κ3) is 36.2. The maximum Gasteiger partial charge on any atom is 0.220 e. The smallest absolute Gasteiger partial charge is 0.220 e. The van der Waals surface area contributed by atoms with Gasteiger partial charge >= 0.3 is 0 Å². The van der Waals surface area contributed by atoms with Crippen molar-refractivity contribution in [3.8, 4) is 0 Å². The van der Waals surface area contributed by atoms with E-state index in [-0.39, 0.29) is 18.9 Å². The Balaban J connectivity index is 1.59. The van der Waals surface area contributed by atoms with Gasteiger partial charge in [0, 0.05) is 6.42 Å². The Morgan fingerprint density at radius 1 is 0.443 bits per heavy atom. The third-order valence-corrected chi connectivity index (χ3v) is 16.7. The van der Waals surface area contributed by atoms with Crippen LogP contribution in [0.25, 0.3) is 0 Å². The number of ether oxygens (including phenoxy) is 4. The van der Waals surface area contributed by atoms with Crippen LogP contribution in [0.5, 0.6) is 0 Å². The van der Waals surface area contributed by atoms with Crippen molar-refractivity contribution < 1.29 is 64.6 Å². The van der Waals surface area contributed by atoms with Gasteiger partial charge in [-0.3, -0.25) is 4.79 Å². The first-order valence-corrected chi connectivity index (χ1v) is 33.4. The maximum absolute atomic E-state index is 13.3. The Morgan fingerprint density at radius 2 is 0.785 bits per heavy atom. The van der Waals surface area contributed by atoms with E-state index in [9.17, 15) is 45.6 Å². The highest BCUT2D eigenvalue weighted by Gasteiger charge is 2.51. The van der Waals surface area contributed by atoms with Crippen LogP contribution in [0.15, 0.2) is 12.2 Å². The van der Waals surface area contributed by atoms with Crippen LogP contribution in [0.2, 0.25) is 0 Å². The second-order valence-corrected chi connectivity index (χ2v) is 24.0. The number of nitrogens with one attached hydrogen (secondary N) is 1. The standard InChI is InChI=1S/C65H125NO13/c1-3-5-7-9-11-13-15-17-18-19-20-21-22-23-24-25-26-27-28-29-30-31-32-33-34-35-36-37-39-41-43-45-47-49-57(70)66-53(54(69)48-46-44-42-40-38-16-14-12-10-8-6-4-2)52-76-64-62(75)60(73)63(56(51-68)78-64)79-65-61(74)59(72)58(71)55(50-67)77-65/h46,48,53-56,58-65,67-69,71-75H,3-45,47,49-52H2,1-2H3,(H,66,70)/b48-46+/t53-,54+,55+,56+,58-,59?,60?,61?,62?,63+,64+,65-/m0/s1. The molecule has 0 aliphatic carbocycles. The number of aliphatic hydroxyl groups excluding tert-OH is 8. The number of hydrogen-bond acceptors (Lipinski definition) is 13. The zero-order chi connectivity index (χ0) is 57.4. The molecule has 468 valence electrons. The molecule has 2 aliphatic rings. The van der Waals surface area contributed by atoms with Gasteiger partial charge in [-0.25, -0.2) is 0 Å². The van der Waals surface area contributed by atoms with Gasteiger partial charge in [0.15, 0.2) is 12.6 Å². The fourth-order valence-corrected chi connectivity index (χ4v) is 11.4. The van der Waals surface area contributed by atoms with Gasteiger partial charge in [-0.2, -0.15) is 0 Å². The lowest BCUT2D eigenvalue weighted by Gasteiger charge is -2.46. The molecule has 0 radical (unpaired) electrons. The van der Waals surface area contributed by atoms with E-state index in [1.165, 1.54) is 238 Å². The molecular formula is C65H125NO13. The summed E-state index contributed by atoms with van der Waals surface area (Å²) in [4.78, 5) is 13.3. The molecule has 0 bridgehead atoms. The fraction of sp³-hybridized carbons (Fsp3) is 0.954. The summed E-state index contributed by atoms with van der Waals surface area (Å²) in [6.45, 7) is 2.82. The first-order valence-electron chi connectivity index (χ1n) is 33.4. The molecular weight excluding hydrogens is 1000 g/mol. The largest absolute Gasteiger partial charge is 0.394 e. The molecule has 0 saturated carbocycles. The Hall–Kier alpha value is -1.27. The lowest BCUT2D eigenvalue weighted by Crippen LogP contribution is -2.65. The predicted octanol–water partition coefficient (Wildman–Crippen LogP) is 12.6. The summed E-state index contributed by atoms with van der Waals surface area (Å²) in [5, 5.41) is 87.1. The minimum Gasteiger partial charge on any atom is -0.394 e. The van der Waals surface area contributed by atoms with Gasteiger partial charge in [0.25, 0.3) is 0 Å². The summed E-state index contributed by atoms with van der Waals surface area (Å²) in [5.41, 5.74) is 0. The van der Waals surface area contributed by atoms with Crippen LogP contribution in [0.3, 0.4) is 0 Å². The number of hydrogen-bond donors (Lipinski definition) is 9. The monoisotopic (exact) mass is 1130 g/mol. The van der Waals surface area contributed by atoms with Crippen LogP contribution in [-0.4, -0.2) is 140 Å². The number of carbonyl (C=O) groups is 1. The lowest BCUT2D eigenvalue weighted by atomic mass is 9.97. The molecule has 2 rings (SSSR count). The number of amides is 1. The summed E-state index contributed by atoms with van der Waals surface area (Å²) in [6, 6.07) is -0.909. The van der Waals surface area contributed by atoms with E-state index in [1.807, 2.05) is 6.08 Å². The average Bonchev–Trinajstić information content (AvgIpc) is 3.48. The van der Waals surface area contributed by atoms with Crippen LogP contribution in [-0.2, 0) is 23.7 Å². The molecule has 14 heteroatoms. The van der Waals surface area contributed by atoms with Gasteiger partial charge in [-0.1, -0.05) is 289 Å². The Morgan fingerprint density at radius 3 is 1.16 bits per heavy atom. The number of rotatable bonds is 55. The molecule has 2 heterocycles. The van der Waals surface area contributed by atoms with E-state index in [0.29, 0.717) is 6.42 Å². The molecule has 12 atom stereocenters. The summed E-state index contributed by atoms with van der Waals surface area (Å²) in [6.07, 6.45) is 44.4. The topological polar surface area (TPSA) is 228 Å². The first-order chi connectivity index (χ1) is 38.6. The van der Waals surface area contributed by atoms with Crippen LogP contribution in [0.1, 0.15) is 303 Å². The van der Waals surface area contributed by atoms with Crippen molar-refractivity contribution >= 4 is 5.91 Å². The average molecular weight is 1130 g/mol. The second-order valence-electron chi connectivity index (χ2n) is 24.0. The molecule has 0 spiro atoms. The SMILES string of the molecule is CCCCCCCCCCCC/C=C/[C@@H](O)[C@H](CO[C@@H]1O[C@H](CO)[C@@H](O[C@@H]2O[C@H](CO)[C@H](O)C(O)C2O)C(O)C1O)NC(=O)CCCCCCCCCCCCCCCCCCCCCCCCCCCCCCCCCCC. The number of aliphatic hydroxyl groups is 8. The molecule has 0 aromatic heterocycles. The van der Waals surface area contributed by atoms with Crippen molar-refractivity contribution in [1.29, 1.82) is 0 Å². The first kappa shape index (κ1) is 73.8. The molecule has 79 heavy (non-hydrogen) atoms. The summed E-state index contributed by atoms with van der Waals surface area (Å²) in [5.74, 6) is -0.233. The van der Waals surface area contributed by atoms with Gasteiger partial charge in [-0.15, -0.1) is 0 Å². The zero-order valence-corrected chi connectivity index (χ0v) is 50.6. The lowest BCUT2D eigenvalue weighted by molar-refractivity contribution is -0.359. The fourth-order valence-electron chi connectivity index (χ4n) is 11.4. The highest BCUT2D eigenvalue weighted by atomic mass is 16.7. The Kier molecular flexibility index (Phi) is 47.8. The summed E-state index contributed by atoms with van der Waals surface area (Å²) >= 11 is 0. The van der Waals surface area contributed by atoms with Gasteiger partial charge in [0.1, 0.15) is 48.8 Å². The minimum atomic E-state index is -1.79. The molecule has 0 aromatic carbocycles. The second kappa shape index (κ2) is 51.2. The molecule has 0 aromatic rings. The van der Waals surface area contributed by atoms with Crippen molar-refractivity contribution in [2.24, 2.45) is 0 Å². The van der Waals surface area contributed by atoms with E-state index in [2.05, 4.69) is 19.2 Å². The van der Waals surface area contributed by atoms with E-state index in [4.69, 9.17) is 18.9 Å². The number of allylic oxidation sites excluding steroid dienone is 1. The Bertz CT molecular complexity index is 1380. The predicted molar refractivity (Wildman–Crippen MR) is 319 cm³/mol. The molecule has 4 unspecified atom stereocenters. The molecule has 2 fully saturated rings. The zero-order valence-electron chi connectivity index (χ0n) is 50.6. The van der Waals surface area contributed by atoms with Crippen LogP contribution in [0.4, 0.5) is 0 Å². The van der Waals surface area contributed by atoms with Crippen LogP contribution >= 0.6 is 0 Å². The van der Waals surface area contributed by atoms with Crippen molar-refractivity contribution in [3.05, 3.63) is 12.2 Å². The van der Waals surface area contributed by atoms with Gasteiger partial charge < -0.3 is 65.1 Å². The summed E-state index contributed by atoms with van der Waals surface area (Å²) < 4.78 is 22.8. The van der Waals surface area contributed by atoms with E-state index in [1.54, 1.807) is 6.08 Å². The van der Waals surface area contributed by atoms with Crippen molar-refractivity contribution in [2.45, 2.75) is 376 Å². The van der Waals surface area contributed by atoms with Crippen LogP contribution < -0.4 is 5.32 Å². The molecule has 1 amide bonds. The van der Waals surface area contributed by atoms with Gasteiger partial charge in [-0.05, 0) is 19.3 Å². The summed E-state index contributed by atoms with van der Waals surface area (Å²) in [7, 11) is 0. The Labute approximate surface area is 482 Å². The van der Waals surface area contributed by atoms with E-state index >= 15 is 0 Å². The maximum atomic E-state index is 13.3. The normalized spacial score (nSPS) is 24.4. The quantitative estimate of drug-likeness (QED) is 0.0204. The molecule has 2 saturated heterocycles. The minimum absolute atomic E-state index is 0.233. The van der Waals surface area contributed by atoms with E-state index < -0.39 is 86.8 Å². The highest BCUT2D eigenvalue weighted by molar-refractivity contribution is 5.76. The molecule has 2 aliphatic heterocycles. The van der Waals surface area contributed by atoms with Gasteiger partial charge in [0.05, 0.1) is 32.0 Å². The van der Waals surface area contributed by atoms with Crippen molar-refractivity contribution in [2.75, 3.05) is 19.8 Å². The number of unbranched alkanes of at least 4 members (excludes halogenated alkanes) is 42. The van der Waals surface area contributed by atoms with Crippen molar-refractivity contribution in [3.63, 3.8) is 0 Å². The number of carbonyl (C=O) groups excluding carboxylic acids is 1. The molecule has 9 N–H and O–H groups in total. The third-order valence-electron chi connectivity index (χ3n) is 16.7. The van der Waals surface area contributed by atoms with Gasteiger partial charge in [0.2, 0.25) is 5.91 Å². The highest BCUT2D eigenvalue weighted by Crippen LogP contribution is 2.30.